The van der Waals surface area contributed by atoms with Crippen molar-refractivity contribution in [1.82, 2.24) is 0 Å². The lowest BCUT2D eigenvalue weighted by Gasteiger charge is -2.34. The average Bonchev–Trinajstić information content (AvgIpc) is 3.87. The normalized spacial score (nSPS) is 12.7. The van der Waals surface area contributed by atoms with Crippen molar-refractivity contribution in [3.63, 3.8) is 0 Å². The second kappa shape index (κ2) is 14.3. The summed E-state index contributed by atoms with van der Waals surface area (Å²) in [6.45, 7) is 0. The third kappa shape index (κ3) is 5.53. The minimum atomic E-state index is -0.523. The molecule has 0 N–H and O–H groups in total. The molecule has 0 fully saturated rings. The standard InChI is InChI=1S/C59H39NS/c1-3-21-44(22-4-1)59(45-23-5-2-6-24-45)52-31-12-9-28-51(52)57-53(59)32-17-34-55(57)60(46-25-15-20-42(39-46)43-37-36-40-18-7-8-19-41(40)38-43)54-33-13-10-26-47(54)49-29-16-30-50-48-27-11-14-35-56(48)61-58(49)50/h1-39H. The van der Waals surface area contributed by atoms with Crippen molar-refractivity contribution in [2.24, 2.45) is 0 Å². The van der Waals surface area contributed by atoms with E-state index in [2.05, 4.69) is 241 Å². The summed E-state index contributed by atoms with van der Waals surface area (Å²) in [6, 6.07) is 87.4. The first-order chi connectivity index (χ1) is 30.3. The van der Waals surface area contributed by atoms with E-state index in [0.717, 1.165) is 17.1 Å². The molecule has 12 rings (SSSR count). The van der Waals surface area contributed by atoms with Crippen LogP contribution in [0.4, 0.5) is 17.1 Å². The number of benzene rings is 10. The molecule has 0 saturated carbocycles. The Bertz CT molecular complexity index is 3400. The summed E-state index contributed by atoms with van der Waals surface area (Å²) >= 11 is 1.88. The molecule has 286 valence electrons. The van der Waals surface area contributed by atoms with Crippen LogP contribution in [0.15, 0.2) is 237 Å². The van der Waals surface area contributed by atoms with Crippen LogP contribution < -0.4 is 4.90 Å². The van der Waals surface area contributed by atoms with Gasteiger partial charge in [0.2, 0.25) is 0 Å². The van der Waals surface area contributed by atoms with Gasteiger partial charge in [-0.3, -0.25) is 0 Å². The van der Waals surface area contributed by atoms with E-state index < -0.39 is 5.41 Å². The smallest absolute Gasteiger partial charge is 0.0714 e. The summed E-state index contributed by atoms with van der Waals surface area (Å²) in [5.41, 5.74) is 15.2. The molecule has 0 bridgehead atoms. The average molecular weight is 794 g/mol. The summed E-state index contributed by atoms with van der Waals surface area (Å²) in [4.78, 5) is 2.54. The number of nitrogens with zero attached hydrogens (tertiary/aromatic N) is 1. The fraction of sp³-hybridized carbons (Fsp3) is 0.0169. The van der Waals surface area contributed by atoms with Crippen LogP contribution in [0.3, 0.4) is 0 Å². The molecule has 0 aliphatic heterocycles. The van der Waals surface area contributed by atoms with Gasteiger partial charge >= 0.3 is 0 Å². The van der Waals surface area contributed by atoms with Crippen LogP contribution in [0.2, 0.25) is 0 Å². The number of para-hydroxylation sites is 1. The van der Waals surface area contributed by atoms with Gasteiger partial charge in [-0.15, -0.1) is 11.3 Å². The zero-order valence-corrected chi connectivity index (χ0v) is 34.2. The molecule has 11 aromatic rings. The second-order valence-corrected chi connectivity index (χ2v) is 17.0. The van der Waals surface area contributed by atoms with E-state index in [9.17, 15) is 0 Å². The van der Waals surface area contributed by atoms with Crippen molar-refractivity contribution in [2.75, 3.05) is 4.90 Å². The maximum Gasteiger partial charge on any atom is 0.0714 e. The van der Waals surface area contributed by atoms with Gasteiger partial charge < -0.3 is 4.90 Å². The van der Waals surface area contributed by atoms with Gasteiger partial charge in [-0.25, -0.2) is 0 Å². The third-order valence-corrected chi connectivity index (χ3v) is 13.9. The molecule has 1 aliphatic carbocycles. The Balaban J connectivity index is 1.16. The molecule has 0 unspecified atom stereocenters. The Morgan fingerprint density at radius 2 is 0.951 bits per heavy atom. The Morgan fingerprint density at radius 3 is 1.79 bits per heavy atom. The number of fused-ring (bicyclic) bond motifs is 7. The van der Waals surface area contributed by atoms with Gasteiger partial charge in [0.05, 0.1) is 16.8 Å². The predicted octanol–water partition coefficient (Wildman–Crippen LogP) is 16.4. The van der Waals surface area contributed by atoms with Crippen molar-refractivity contribution in [3.05, 3.63) is 259 Å². The molecule has 0 amide bonds. The van der Waals surface area contributed by atoms with Gasteiger partial charge in [0, 0.05) is 42.6 Å². The summed E-state index contributed by atoms with van der Waals surface area (Å²) in [7, 11) is 0. The first-order valence-electron chi connectivity index (χ1n) is 21.0. The Hall–Kier alpha value is -7.52. The van der Waals surface area contributed by atoms with E-state index in [1.54, 1.807) is 0 Å². The quantitative estimate of drug-likeness (QED) is 0.155. The molecular formula is C59H39NS. The molecule has 0 saturated heterocycles. The highest BCUT2D eigenvalue weighted by Crippen LogP contribution is 2.60. The SMILES string of the molecule is c1ccc(C2(c3ccccc3)c3ccccc3-c3c(N(c4cccc(-c5ccc6ccccc6c5)c4)c4ccccc4-c4cccc5c4sc4ccccc45)cccc32)cc1. The van der Waals surface area contributed by atoms with E-state index in [1.807, 2.05) is 11.3 Å². The highest BCUT2D eigenvalue weighted by molar-refractivity contribution is 7.26. The molecule has 1 aliphatic rings. The van der Waals surface area contributed by atoms with Gasteiger partial charge in [0.15, 0.2) is 0 Å². The summed E-state index contributed by atoms with van der Waals surface area (Å²) in [5, 5.41) is 5.08. The summed E-state index contributed by atoms with van der Waals surface area (Å²) < 4.78 is 2.61. The molecule has 1 aromatic heterocycles. The number of thiophene rings is 1. The maximum absolute atomic E-state index is 2.54. The number of rotatable bonds is 7. The number of hydrogen-bond acceptors (Lipinski definition) is 2. The lowest BCUT2D eigenvalue weighted by atomic mass is 9.68. The molecule has 2 heteroatoms. The van der Waals surface area contributed by atoms with E-state index in [0.29, 0.717) is 0 Å². The molecular weight excluding hydrogens is 755 g/mol. The number of hydrogen-bond donors (Lipinski definition) is 0. The minimum absolute atomic E-state index is 0.523. The molecule has 10 aromatic carbocycles. The van der Waals surface area contributed by atoms with Gasteiger partial charge in [0.25, 0.3) is 0 Å². The molecule has 0 radical (unpaired) electrons. The first-order valence-corrected chi connectivity index (χ1v) is 21.8. The lowest BCUT2D eigenvalue weighted by molar-refractivity contribution is 0.768. The van der Waals surface area contributed by atoms with Gasteiger partial charge in [-0.05, 0) is 86.1 Å². The van der Waals surface area contributed by atoms with Crippen molar-refractivity contribution in [1.29, 1.82) is 0 Å². The van der Waals surface area contributed by atoms with Gasteiger partial charge in [0.1, 0.15) is 0 Å². The summed E-state index contributed by atoms with van der Waals surface area (Å²) in [5.74, 6) is 0. The molecule has 61 heavy (non-hydrogen) atoms. The van der Waals surface area contributed by atoms with Crippen molar-refractivity contribution in [2.45, 2.75) is 5.41 Å². The van der Waals surface area contributed by atoms with Gasteiger partial charge in [-0.2, -0.15) is 0 Å². The van der Waals surface area contributed by atoms with Crippen LogP contribution in [0.5, 0.6) is 0 Å². The van der Waals surface area contributed by atoms with Crippen molar-refractivity contribution >= 4 is 59.3 Å². The van der Waals surface area contributed by atoms with E-state index >= 15 is 0 Å². The second-order valence-electron chi connectivity index (χ2n) is 16.0. The molecule has 0 atom stereocenters. The van der Waals surface area contributed by atoms with E-state index in [1.165, 1.54) is 86.6 Å². The van der Waals surface area contributed by atoms with Crippen LogP contribution in [0.1, 0.15) is 22.3 Å². The Kier molecular flexibility index (Phi) is 8.33. The van der Waals surface area contributed by atoms with Crippen LogP contribution in [0, 0.1) is 0 Å². The Labute approximate surface area is 360 Å². The molecule has 1 nitrogen and oxygen atoms in total. The van der Waals surface area contributed by atoms with Crippen molar-refractivity contribution < 1.29 is 0 Å². The van der Waals surface area contributed by atoms with Crippen LogP contribution in [0.25, 0.3) is 64.3 Å². The first kappa shape index (κ1) is 35.4. The fourth-order valence-electron chi connectivity index (χ4n) is 10.1. The van der Waals surface area contributed by atoms with Gasteiger partial charge in [-0.1, -0.05) is 200 Å². The van der Waals surface area contributed by atoms with Crippen LogP contribution in [-0.2, 0) is 5.41 Å². The zero-order chi connectivity index (χ0) is 40.3. The third-order valence-electron chi connectivity index (χ3n) is 12.7. The molecule has 0 spiro atoms. The highest BCUT2D eigenvalue weighted by atomic mass is 32.1. The van der Waals surface area contributed by atoms with E-state index in [-0.39, 0.29) is 0 Å². The van der Waals surface area contributed by atoms with Crippen LogP contribution >= 0.6 is 11.3 Å². The zero-order valence-electron chi connectivity index (χ0n) is 33.4. The summed E-state index contributed by atoms with van der Waals surface area (Å²) in [6.07, 6.45) is 0. The lowest BCUT2D eigenvalue weighted by Crippen LogP contribution is -2.28. The minimum Gasteiger partial charge on any atom is -0.309 e. The van der Waals surface area contributed by atoms with Crippen molar-refractivity contribution in [3.8, 4) is 33.4 Å². The highest BCUT2D eigenvalue weighted by Gasteiger charge is 2.47. The topological polar surface area (TPSA) is 3.24 Å². The predicted molar refractivity (Wildman–Crippen MR) is 260 cm³/mol. The van der Waals surface area contributed by atoms with Crippen LogP contribution in [-0.4, -0.2) is 0 Å². The fourth-order valence-corrected chi connectivity index (χ4v) is 11.3. The van der Waals surface area contributed by atoms with E-state index in [4.69, 9.17) is 0 Å². The number of anilines is 3. The largest absolute Gasteiger partial charge is 0.309 e. The molecule has 1 heterocycles. The monoisotopic (exact) mass is 793 g/mol. The Morgan fingerprint density at radius 1 is 0.361 bits per heavy atom. The maximum atomic E-state index is 2.54.